The molecule has 3 aromatic rings. The topological polar surface area (TPSA) is 64.3 Å². The van der Waals surface area contributed by atoms with E-state index < -0.39 is 5.97 Å². The first-order valence-electron chi connectivity index (χ1n) is 7.81. The third-order valence-electron chi connectivity index (χ3n) is 3.80. The summed E-state index contributed by atoms with van der Waals surface area (Å²) in [5.41, 5.74) is 3.56. The Bertz CT molecular complexity index is 934. The van der Waals surface area contributed by atoms with Gasteiger partial charge in [-0.3, -0.25) is 4.98 Å². The molecule has 0 saturated heterocycles. The van der Waals surface area contributed by atoms with Gasteiger partial charge in [-0.25, -0.2) is 4.79 Å². The molecule has 0 bridgehead atoms. The monoisotopic (exact) mass is 400 g/mol. The predicted octanol–water partition coefficient (Wildman–Crippen LogP) is 4.49. The summed E-state index contributed by atoms with van der Waals surface area (Å²) in [6.45, 7) is 4.03. The van der Waals surface area contributed by atoms with Gasteiger partial charge in [0.25, 0.3) is 0 Å². The molecule has 0 aliphatic heterocycles. The SMILES string of the molecule is CCOC(=O)c1cncc(-n2c(C)ccc2-c2cc(Br)ccc2O)c1. The number of phenolic OH excluding ortho intramolecular Hbond substituents is 1. The van der Waals surface area contributed by atoms with Crippen LogP contribution in [0.15, 0.2) is 53.3 Å². The van der Waals surface area contributed by atoms with Crippen LogP contribution < -0.4 is 0 Å². The van der Waals surface area contributed by atoms with Crippen molar-refractivity contribution in [3.8, 4) is 22.7 Å². The van der Waals surface area contributed by atoms with E-state index in [2.05, 4.69) is 20.9 Å². The lowest BCUT2D eigenvalue weighted by molar-refractivity contribution is 0.0526. The fourth-order valence-corrected chi connectivity index (χ4v) is 3.04. The standard InChI is InChI=1S/C19H17BrN2O3/c1-3-25-19(24)13-8-15(11-21-10-13)22-12(2)4-6-17(22)16-9-14(20)5-7-18(16)23/h4-11,23H,3H2,1-2H3. The number of aryl methyl sites for hydroxylation is 1. The number of halogens is 1. The summed E-state index contributed by atoms with van der Waals surface area (Å²) in [5.74, 6) is -0.231. The van der Waals surface area contributed by atoms with Crippen LogP contribution in [0.4, 0.5) is 0 Å². The first-order valence-corrected chi connectivity index (χ1v) is 8.60. The molecule has 6 heteroatoms. The van der Waals surface area contributed by atoms with Crippen molar-refractivity contribution in [2.75, 3.05) is 6.61 Å². The number of ether oxygens (including phenoxy) is 1. The summed E-state index contributed by atoms with van der Waals surface area (Å²) in [5, 5.41) is 10.3. The molecular weight excluding hydrogens is 384 g/mol. The van der Waals surface area contributed by atoms with E-state index >= 15 is 0 Å². The molecule has 5 nitrogen and oxygen atoms in total. The van der Waals surface area contributed by atoms with Crippen molar-refractivity contribution >= 4 is 21.9 Å². The van der Waals surface area contributed by atoms with Gasteiger partial charge in [0.15, 0.2) is 0 Å². The molecule has 0 fully saturated rings. The van der Waals surface area contributed by atoms with Crippen molar-refractivity contribution in [3.05, 3.63) is 64.5 Å². The summed E-state index contributed by atoms with van der Waals surface area (Å²) >= 11 is 3.44. The molecule has 2 heterocycles. The smallest absolute Gasteiger partial charge is 0.339 e. The third kappa shape index (κ3) is 3.44. The Kier molecular flexibility index (Phi) is 4.90. The summed E-state index contributed by atoms with van der Waals surface area (Å²) in [7, 11) is 0. The van der Waals surface area contributed by atoms with E-state index in [9.17, 15) is 9.90 Å². The number of aromatic hydroxyl groups is 1. The molecular formula is C19H17BrN2O3. The maximum absolute atomic E-state index is 12.0. The van der Waals surface area contributed by atoms with Gasteiger partial charge in [-0.2, -0.15) is 0 Å². The summed E-state index contributed by atoms with van der Waals surface area (Å²) in [6, 6.07) is 10.9. The zero-order valence-electron chi connectivity index (χ0n) is 13.9. The zero-order valence-corrected chi connectivity index (χ0v) is 15.4. The number of nitrogens with zero attached hydrogens (tertiary/aromatic N) is 2. The van der Waals surface area contributed by atoms with Crippen LogP contribution in [0.25, 0.3) is 16.9 Å². The van der Waals surface area contributed by atoms with E-state index in [0.29, 0.717) is 17.7 Å². The Labute approximate surface area is 154 Å². The van der Waals surface area contributed by atoms with Crippen LogP contribution in [-0.4, -0.2) is 27.2 Å². The first-order chi connectivity index (χ1) is 12.0. The summed E-state index contributed by atoms with van der Waals surface area (Å²) in [4.78, 5) is 16.2. The van der Waals surface area contributed by atoms with Crippen molar-refractivity contribution < 1.29 is 14.6 Å². The van der Waals surface area contributed by atoms with Crippen molar-refractivity contribution in [1.29, 1.82) is 0 Å². The predicted molar refractivity (Wildman–Crippen MR) is 99.1 cm³/mol. The van der Waals surface area contributed by atoms with E-state index in [1.165, 1.54) is 6.20 Å². The molecule has 3 rings (SSSR count). The third-order valence-corrected chi connectivity index (χ3v) is 4.30. The van der Waals surface area contributed by atoms with Crippen LogP contribution in [-0.2, 0) is 4.74 Å². The number of carbonyl (C=O) groups excluding carboxylic acids is 1. The van der Waals surface area contributed by atoms with Gasteiger partial charge in [0.1, 0.15) is 5.75 Å². The van der Waals surface area contributed by atoms with Crippen LogP contribution in [0, 0.1) is 6.92 Å². The molecule has 0 atom stereocenters. The van der Waals surface area contributed by atoms with Gasteiger partial charge in [0.2, 0.25) is 0 Å². The average molecular weight is 401 g/mol. The number of phenols is 1. The minimum absolute atomic E-state index is 0.178. The second kappa shape index (κ2) is 7.11. The van der Waals surface area contributed by atoms with Crippen LogP contribution in [0.3, 0.4) is 0 Å². The summed E-state index contributed by atoms with van der Waals surface area (Å²) in [6.07, 6.45) is 3.16. The fourth-order valence-electron chi connectivity index (χ4n) is 2.68. The van der Waals surface area contributed by atoms with Crippen LogP contribution in [0.2, 0.25) is 0 Å². The second-order valence-corrected chi connectivity index (χ2v) is 6.42. The van der Waals surface area contributed by atoms with Gasteiger partial charge in [-0.15, -0.1) is 0 Å². The molecule has 128 valence electrons. The van der Waals surface area contributed by atoms with Crippen LogP contribution >= 0.6 is 15.9 Å². The Balaban J connectivity index is 2.13. The largest absolute Gasteiger partial charge is 0.507 e. The highest BCUT2D eigenvalue weighted by atomic mass is 79.9. The Morgan fingerprint density at radius 2 is 2.04 bits per heavy atom. The highest BCUT2D eigenvalue weighted by Gasteiger charge is 2.15. The zero-order chi connectivity index (χ0) is 18.0. The number of pyridine rings is 1. The second-order valence-electron chi connectivity index (χ2n) is 5.51. The Morgan fingerprint density at radius 1 is 1.24 bits per heavy atom. The minimum Gasteiger partial charge on any atom is -0.507 e. The van der Waals surface area contributed by atoms with Gasteiger partial charge >= 0.3 is 5.97 Å². The fraction of sp³-hybridized carbons (Fsp3) is 0.158. The molecule has 2 aromatic heterocycles. The molecule has 0 aliphatic rings. The van der Waals surface area contributed by atoms with E-state index in [4.69, 9.17) is 4.74 Å². The molecule has 0 spiro atoms. The van der Waals surface area contributed by atoms with Crippen molar-refractivity contribution in [2.24, 2.45) is 0 Å². The quantitative estimate of drug-likeness (QED) is 0.655. The summed E-state index contributed by atoms with van der Waals surface area (Å²) < 4.78 is 7.85. The maximum atomic E-state index is 12.0. The molecule has 25 heavy (non-hydrogen) atoms. The van der Waals surface area contributed by atoms with E-state index in [1.54, 1.807) is 31.3 Å². The van der Waals surface area contributed by atoms with Crippen molar-refractivity contribution in [2.45, 2.75) is 13.8 Å². The molecule has 1 N–H and O–H groups in total. The molecule has 0 amide bonds. The first kappa shape index (κ1) is 17.2. The molecule has 0 saturated carbocycles. The average Bonchev–Trinajstić information content (AvgIpc) is 2.99. The minimum atomic E-state index is -0.409. The molecule has 0 unspecified atom stereocenters. The van der Waals surface area contributed by atoms with E-state index in [1.807, 2.05) is 29.7 Å². The van der Waals surface area contributed by atoms with E-state index in [-0.39, 0.29) is 5.75 Å². The molecule has 0 radical (unpaired) electrons. The van der Waals surface area contributed by atoms with Crippen LogP contribution in [0.5, 0.6) is 5.75 Å². The van der Waals surface area contributed by atoms with Gasteiger partial charge in [0, 0.05) is 21.9 Å². The lowest BCUT2D eigenvalue weighted by atomic mass is 10.1. The van der Waals surface area contributed by atoms with Gasteiger partial charge in [-0.1, -0.05) is 15.9 Å². The van der Waals surface area contributed by atoms with Crippen molar-refractivity contribution in [1.82, 2.24) is 9.55 Å². The number of hydrogen-bond acceptors (Lipinski definition) is 4. The number of hydrogen-bond donors (Lipinski definition) is 1. The number of rotatable bonds is 4. The highest BCUT2D eigenvalue weighted by molar-refractivity contribution is 9.10. The van der Waals surface area contributed by atoms with Crippen LogP contribution in [0.1, 0.15) is 23.0 Å². The number of carbonyl (C=O) groups is 1. The highest BCUT2D eigenvalue weighted by Crippen LogP contribution is 2.34. The van der Waals surface area contributed by atoms with Gasteiger partial charge < -0.3 is 14.4 Å². The molecule has 1 aromatic carbocycles. The maximum Gasteiger partial charge on any atom is 0.339 e. The normalized spacial score (nSPS) is 10.7. The lowest BCUT2D eigenvalue weighted by Gasteiger charge is -2.14. The van der Waals surface area contributed by atoms with E-state index in [0.717, 1.165) is 21.5 Å². The number of aromatic nitrogens is 2. The van der Waals surface area contributed by atoms with Crippen molar-refractivity contribution in [3.63, 3.8) is 0 Å². The molecule has 0 aliphatic carbocycles. The van der Waals surface area contributed by atoms with Gasteiger partial charge in [0.05, 0.1) is 29.7 Å². The number of esters is 1. The number of benzene rings is 1. The lowest BCUT2D eigenvalue weighted by Crippen LogP contribution is -2.07. The van der Waals surface area contributed by atoms with Gasteiger partial charge in [-0.05, 0) is 50.2 Å². The Hall–Kier alpha value is -2.60. The Morgan fingerprint density at radius 3 is 2.80 bits per heavy atom.